The molecule has 0 spiro atoms. The first kappa shape index (κ1) is 17.7. The summed E-state index contributed by atoms with van der Waals surface area (Å²) in [6, 6.07) is 10.5. The number of benzene rings is 2. The van der Waals surface area contributed by atoms with Crippen LogP contribution in [0.25, 0.3) is 0 Å². The van der Waals surface area contributed by atoms with E-state index >= 15 is 0 Å². The highest BCUT2D eigenvalue weighted by atomic mass is 35.5. The fraction of sp³-hybridized carbons (Fsp3) is 0.350. The SMILES string of the molecule is Cc1cc(C)c(N2CCN(C(=O)Cc3ccccc3F)CC2)c(Cl)c1. The van der Waals surface area contributed by atoms with E-state index in [4.69, 9.17) is 11.6 Å². The second-order valence-electron chi connectivity index (χ2n) is 6.55. The van der Waals surface area contributed by atoms with Gasteiger partial charge in [0, 0.05) is 26.2 Å². The molecule has 0 saturated carbocycles. The minimum absolute atomic E-state index is 0.0310. The van der Waals surface area contributed by atoms with E-state index in [0.29, 0.717) is 18.7 Å². The molecule has 132 valence electrons. The van der Waals surface area contributed by atoms with E-state index in [0.717, 1.165) is 34.9 Å². The molecule has 3 rings (SSSR count). The second-order valence-corrected chi connectivity index (χ2v) is 6.96. The third-order valence-corrected chi connectivity index (χ3v) is 4.93. The average molecular weight is 361 g/mol. The summed E-state index contributed by atoms with van der Waals surface area (Å²) in [5.41, 5.74) is 3.79. The second kappa shape index (κ2) is 7.44. The maximum absolute atomic E-state index is 13.7. The molecule has 0 atom stereocenters. The Morgan fingerprint density at radius 3 is 2.44 bits per heavy atom. The summed E-state index contributed by atoms with van der Waals surface area (Å²) in [5.74, 6) is -0.354. The van der Waals surface area contributed by atoms with Crippen molar-refractivity contribution in [2.45, 2.75) is 20.3 Å². The van der Waals surface area contributed by atoms with Crippen LogP contribution >= 0.6 is 11.6 Å². The van der Waals surface area contributed by atoms with Gasteiger partial charge in [-0.15, -0.1) is 0 Å². The molecule has 3 nitrogen and oxygen atoms in total. The van der Waals surface area contributed by atoms with E-state index in [9.17, 15) is 9.18 Å². The monoisotopic (exact) mass is 360 g/mol. The smallest absolute Gasteiger partial charge is 0.227 e. The van der Waals surface area contributed by atoms with Crippen LogP contribution in [0.3, 0.4) is 0 Å². The number of hydrogen-bond donors (Lipinski definition) is 0. The maximum atomic E-state index is 13.7. The predicted molar refractivity (Wildman–Crippen MR) is 99.8 cm³/mol. The first-order valence-electron chi connectivity index (χ1n) is 8.48. The molecule has 5 heteroatoms. The molecule has 2 aromatic carbocycles. The number of anilines is 1. The molecule has 0 aromatic heterocycles. The lowest BCUT2D eigenvalue weighted by Crippen LogP contribution is -2.49. The number of hydrogen-bond acceptors (Lipinski definition) is 2. The number of nitrogens with zero attached hydrogens (tertiary/aromatic N) is 2. The molecule has 0 N–H and O–H groups in total. The van der Waals surface area contributed by atoms with Gasteiger partial charge in [0.15, 0.2) is 0 Å². The minimum atomic E-state index is -0.323. The molecular weight excluding hydrogens is 339 g/mol. The van der Waals surface area contributed by atoms with Crippen LogP contribution in [0.5, 0.6) is 0 Å². The van der Waals surface area contributed by atoms with Crippen molar-refractivity contribution in [2.24, 2.45) is 0 Å². The molecule has 1 saturated heterocycles. The Balaban J connectivity index is 1.64. The third kappa shape index (κ3) is 3.96. The van der Waals surface area contributed by atoms with Gasteiger partial charge >= 0.3 is 0 Å². The summed E-state index contributed by atoms with van der Waals surface area (Å²) >= 11 is 6.43. The Labute approximate surface area is 153 Å². The zero-order chi connectivity index (χ0) is 18.0. The van der Waals surface area contributed by atoms with E-state index < -0.39 is 0 Å². The molecule has 0 aliphatic carbocycles. The standard InChI is InChI=1S/C20H22ClFN2O/c1-14-11-15(2)20(17(21)12-14)24-9-7-23(8-10-24)19(25)13-16-5-3-4-6-18(16)22/h3-6,11-12H,7-10,13H2,1-2H3. The first-order valence-corrected chi connectivity index (χ1v) is 8.86. The molecule has 25 heavy (non-hydrogen) atoms. The summed E-state index contributed by atoms with van der Waals surface area (Å²) in [5, 5.41) is 0.753. The van der Waals surface area contributed by atoms with Gasteiger partial charge in [-0.3, -0.25) is 4.79 Å². The van der Waals surface area contributed by atoms with Crippen molar-refractivity contribution in [3.05, 3.63) is 63.9 Å². The number of carbonyl (C=O) groups excluding carboxylic acids is 1. The number of rotatable bonds is 3. The topological polar surface area (TPSA) is 23.6 Å². The van der Waals surface area contributed by atoms with Crippen LogP contribution < -0.4 is 4.90 Å². The lowest BCUT2D eigenvalue weighted by Gasteiger charge is -2.37. The van der Waals surface area contributed by atoms with Crippen LogP contribution in [0.15, 0.2) is 36.4 Å². The highest BCUT2D eigenvalue weighted by Gasteiger charge is 2.24. The van der Waals surface area contributed by atoms with Crippen LogP contribution in [-0.2, 0) is 11.2 Å². The quantitative estimate of drug-likeness (QED) is 0.826. The van der Waals surface area contributed by atoms with Gasteiger partial charge in [-0.25, -0.2) is 4.39 Å². The zero-order valence-corrected chi connectivity index (χ0v) is 15.3. The van der Waals surface area contributed by atoms with Gasteiger partial charge in [0.05, 0.1) is 17.1 Å². The minimum Gasteiger partial charge on any atom is -0.367 e. The fourth-order valence-electron chi connectivity index (χ4n) is 3.40. The number of aryl methyl sites for hydroxylation is 2. The molecular formula is C20H22ClFN2O. The van der Waals surface area contributed by atoms with Gasteiger partial charge in [-0.1, -0.05) is 35.9 Å². The molecule has 1 amide bonds. The van der Waals surface area contributed by atoms with Gasteiger partial charge in [-0.05, 0) is 42.7 Å². The third-order valence-electron chi connectivity index (χ3n) is 4.65. The van der Waals surface area contributed by atoms with Gasteiger partial charge in [-0.2, -0.15) is 0 Å². The molecule has 0 unspecified atom stereocenters. The molecule has 0 bridgehead atoms. The number of amides is 1. The summed E-state index contributed by atoms with van der Waals surface area (Å²) in [4.78, 5) is 16.5. The van der Waals surface area contributed by atoms with Crippen LogP contribution in [0.2, 0.25) is 5.02 Å². The van der Waals surface area contributed by atoms with Crippen LogP contribution in [0.1, 0.15) is 16.7 Å². The maximum Gasteiger partial charge on any atom is 0.227 e. The van der Waals surface area contributed by atoms with E-state index in [1.54, 1.807) is 23.1 Å². The van der Waals surface area contributed by atoms with E-state index in [2.05, 4.69) is 17.9 Å². The van der Waals surface area contributed by atoms with Crippen molar-refractivity contribution in [3.63, 3.8) is 0 Å². The van der Waals surface area contributed by atoms with Crippen molar-refractivity contribution in [3.8, 4) is 0 Å². The van der Waals surface area contributed by atoms with Crippen molar-refractivity contribution in [2.75, 3.05) is 31.1 Å². The van der Waals surface area contributed by atoms with Gasteiger partial charge in [0.1, 0.15) is 5.82 Å². The first-order chi connectivity index (χ1) is 12.0. The molecule has 1 aliphatic heterocycles. The summed E-state index contributed by atoms with van der Waals surface area (Å²) < 4.78 is 13.7. The summed E-state index contributed by atoms with van der Waals surface area (Å²) in [6.07, 6.45) is 0.108. The van der Waals surface area contributed by atoms with Gasteiger partial charge in [0.2, 0.25) is 5.91 Å². The van der Waals surface area contributed by atoms with Crippen molar-refractivity contribution < 1.29 is 9.18 Å². The number of piperazine rings is 1. The normalized spacial score (nSPS) is 14.7. The van der Waals surface area contributed by atoms with E-state index in [1.165, 1.54) is 6.07 Å². The Morgan fingerprint density at radius 1 is 1.12 bits per heavy atom. The highest BCUT2D eigenvalue weighted by molar-refractivity contribution is 6.33. The van der Waals surface area contributed by atoms with Crippen molar-refractivity contribution in [1.29, 1.82) is 0 Å². The van der Waals surface area contributed by atoms with Crippen molar-refractivity contribution in [1.82, 2.24) is 4.90 Å². The molecule has 1 fully saturated rings. The number of carbonyl (C=O) groups is 1. The van der Waals surface area contributed by atoms with Gasteiger partial charge in [0.25, 0.3) is 0 Å². The highest BCUT2D eigenvalue weighted by Crippen LogP contribution is 2.31. The lowest BCUT2D eigenvalue weighted by molar-refractivity contribution is -0.130. The Bertz CT molecular complexity index is 762. The van der Waals surface area contributed by atoms with Gasteiger partial charge < -0.3 is 9.80 Å². The predicted octanol–water partition coefficient (Wildman–Crippen LogP) is 3.99. The van der Waals surface area contributed by atoms with Crippen LogP contribution in [-0.4, -0.2) is 37.0 Å². The molecule has 0 radical (unpaired) electrons. The summed E-state index contributed by atoms with van der Waals surface area (Å²) in [6.45, 7) is 6.79. The van der Waals surface area contributed by atoms with E-state index in [1.807, 2.05) is 13.0 Å². The van der Waals surface area contributed by atoms with Crippen LogP contribution in [0.4, 0.5) is 10.1 Å². The number of halogens is 2. The summed E-state index contributed by atoms with van der Waals surface area (Å²) in [7, 11) is 0. The fourth-order valence-corrected chi connectivity index (χ4v) is 3.85. The largest absolute Gasteiger partial charge is 0.367 e. The Kier molecular flexibility index (Phi) is 5.28. The molecule has 1 aliphatic rings. The lowest BCUT2D eigenvalue weighted by atomic mass is 10.1. The molecule has 1 heterocycles. The van der Waals surface area contributed by atoms with E-state index in [-0.39, 0.29) is 18.1 Å². The van der Waals surface area contributed by atoms with Crippen LogP contribution in [0, 0.1) is 19.7 Å². The molecule has 2 aromatic rings. The average Bonchev–Trinajstić information content (AvgIpc) is 2.56. The Morgan fingerprint density at radius 2 is 1.80 bits per heavy atom. The van der Waals surface area contributed by atoms with Crippen molar-refractivity contribution >= 4 is 23.2 Å². The Hall–Kier alpha value is -2.07. The zero-order valence-electron chi connectivity index (χ0n) is 14.6.